The molecule has 0 saturated heterocycles. The van der Waals surface area contributed by atoms with E-state index < -0.39 is 59.9 Å². The van der Waals surface area contributed by atoms with Gasteiger partial charge < -0.3 is 4.74 Å². The van der Waals surface area contributed by atoms with Crippen molar-refractivity contribution in [3.05, 3.63) is 47.8 Å². The molecule has 1 heterocycles. The largest absolute Gasteiger partial charge is 0.462 e. The molecular weight excluding hydrogens is 501 g/mol. The highest BCUT2D eigenvalue weighted by molar-refractivity contribution is 5.90. The van der Waals surface area contributed by atoms with Crippen molar-refractivity contribution in [2.24, 2.45) is 0 Å². The summed E-state index contributed by atoms with van der Waals surface area (Å²) in [5, 5.41) is 0. The normalized spacial score (nSPS) is 15.1. The Hall–Kier alpha value is -3.04. The van der Waals surface area contributed by atoms with E-state index in [0.29, 0.717) is 0 Å². The van der Waals surface area contributed by atoms with Crippen molar-refractivity contribution in [1.82, 2.24) is 9.97 Å². The first kappa shape index (κ1) is 27.2. The van der Waals surface area contributed by atoms with Crippen molar-refractivity contribution < 1.29 is 62.6 Å². The quantitative estimate of drug-likeness (QED) is 0.346. The van der Waals surface area contributed by atoms with Gasteiger partial charge in [0.15, 0.2) is 5.82 Å². The number of aromatic nitrogens is 2. The van der Waals surface area contributed by atoms with E-state index in [1.807, 2.05) is 0 Å². The molecule has 0 spiro atoms. The molecule has 0 fully saturated rings. The minimum Gasteiger partial charge on any atom is -0.462 e. The Balaban J connectivity index is 2.81. The lowest BCUT2D eigenvalue weighted by atomic mass is 10.1. The molecule has 0 aliphatic rings. The average Bonchev–Trinajstić information content (AvgIpc) is 2.72. The number of rotatable bonds is 7. The molecule has 16 heteroatoms. The van der Waals surface area contributed by atoms with Crippen LogP contribution >= 0.6 is 0 Å². The van der Waals surface area contributed by atoms with E-state index in [9.17, 15) is 48.7 Å². The third-order valence-electron chi connectivity index (χ3n) is 3.98. The van der Waals surface area contributed by atoms with E-state index in [0.717, 1.165) is 19.1 Å². The van der Waals surface area contributed by atoms with Crippen molar-refractivity contribution >= 4 is 5.97 Å². The molecule has 34 heavy (non-hydrogen) atoms. The maximum atomic E-state index is 15.2. The van der Waals surface area contributed by atoms with Crippen LogP contribution in [0.1, 0.15) is 23.0 Å². The molecule has 188 valence electrons. The molecule has 2 aromatic rings. The summed E-state index contributed by atoms with van der Waals surface area (Å²) < 4.78 is 154. The second kappa shape index (κ2) is 8.96. The number of hydrogen-bond acceptors (Lipinski definition) is 5. The summed E-state index contributed by atoms with van der Waals surface area (Å²) >= 11 is 0. The summed E-state index contributed by atoms with van der Waals surface area (Å²) in [6, 6.07) is 6.28. The highest BCUT2D eigenvalue weighted by Crippen LogP contribution is 2.54. The molecule has 0 aliphatic heterocycles. The van der Waals surface area contributed by atoms with Crippen LogP contribution in [0.15, 0.2) is 36.5 Å². The molecule has 1 aromatic heterocycles. The maximum absolute atomic E-state index is 15.2. The van der Waals surface area contributed by atoms with Crippen LogP contribution < -0.4 is 0 Å². The fourth-order valence-electron chi connectivity index (χ4n) is 2.36. The van der Waals surface area contributed by atoms with E-state index in [-0.39, 0.29) is 11.8 Å². The van der Waals surface area contributed by atoms with Crippen molar-refractivity contribution in [2.75, 3.05) is 6.61 Å². The molecule has 1 aromatic carbocycles. The van der Waals surface area contributed by atoms with Crippen molar-refractivity contribution in [1.29, 1.82) is 0 Å². The minimum absolute atomic E-state index is 0.170. The van der Waals surface area contributed by atoms with Gasteiger partial charge in [0, 0.05) is 11.8 Å². The first-order chi connectivity index (χ1) is 15.4. The molecule has 0 aliphatic carbocycles. The second-order valence-electron chi connectivity index (χ2n) is 6.33. The Kier molecular flexibility index (Phi) is 7.17. The van der Waals surface area contributed by atoms with Gasteiger partial charge in [0.05, 0.1) is 6.61 Å². The third kappa shape index (κ3) is 4.90. The Labute approximate surface area is 182 Å². The van der Waals surface area contributed by atoms with Crippen LogP contribution in [0.25, 0.3) is 11.4 Å². The van der Waals surface area contributed by atoms with Gasteiger partial charge in [0.2, 0.25) is 0 Å². The zero-order valence-electron chi connectivity index (χ0n) is 16.4. The fraction of sp³-hybridized carbons (Fsp3) is 0.389. The fourth-order valence-corrected chi connectivity index (χ4v) is 2.36. The summed E-state index contributed by atoms with van der Waals surface area (Å²) in [5.74, 6) is -16.1. The summed E-state index contributed by atoms with van der Waals surface area (Å²) in [4.78, 5) is 18.5. The molecule has 0 saturated carbocycles. The first-order valence-corrected chi connectivity index (χ1v) is 8.77. The monoisotopic (exact) mass is 512 g/mol. The van der Waals surface area contributed by atoms with E-state index in [1.165, 1.54) is 18.2 Å². The van der Waals surface area contributed by atoms with E-state index in [4.69, 9.17) is 0 Å². The van der Waals surface area contributed by atoms with Crippen LogP contribution in [0.2, 0.25) is 0 Å². The molecule has 5 nitrogen and oxygen atoms in total. The summed E-state index contributed by atoms with van der Waals surface area (Å²) in [5.41, 5.74) is -4.21. The number of esters is 1. The number of carbonyl (C=O) groups is 1. The van der Waals surface area contributed by atoms with Crippen LogP contribution in [0.4, 0.5) is 48.3 Å². The Morgan fingerprint density at radius 2 is 1.44 bits per heavy atom. The third-order valence-corrected chi connectivity index (χ3v) is 3.98. The van der Waals surface area contributed by atoms with E-state index in [2.05, 4.69) is 19.4 Å². The predicted molar refractivity (Wildman–Crippen MR) is 89.3 cm³/mol. The Bertz CT molecular complexity index is 1030. The van der Waals surface area contributed by atoms with Crippen molar-refractivity contribution in [3.63, 3.8) is 0 Å². The molecule has 0 N–H and O–H groups in total. The summed E-state index contributed by atoms with van der Waals surface area (Å²) in [6.45, 7) is 0.588. The zero-order chi connectivity index (χ0) is 26.2. The number of hydrogen-bond donors (Lipinski definition) is 0. The number of carbonyl (C=O) groups excluding carboxylic acids is 1. The van der Waals surface area contributed by atoms with Gasteiger partial charge >= 0.3 is 36.2 Å². The van der Waals surface area contributed by atoms with Crippen molar-refractivity contribution in [2.45, 2.75) is 37.2 Å². The number of halogens is 11. The Morgan fingerprint density at radius 1 is 0.882 bits per heavy atom. The van der Waals surface area contributed by atoms with Gasteiger partial charge in [-0.2, -0.15) is 48.3 Å². The van der Waals surface area contributed by atoms with Gasteiger partial charge in [-0.15, -0.1) is 0 Å². The van der Waals surface area contributed by atoms with Crippen LogP contribution in [0.5, 0.6) is 0 Å². The standard InChI is InChI=1S/C18H11F11N2O3/c1-2-33-13(32)10-8-30-12(9-6-4-3-5-7-9)31-11(10)14(19,16(22,23)24)34-18(28,29)15(20,21)17(25,26)27/h3-8H,2H2,1H3. The molecule has 0 bridgehead atoms. The molecule has 0 radical (unpaired) electrons. The molecular formula is C18H11F11N2O3. The number of ether oxygens (including phenoxy) is 2. The van der Waals surface area contributed by atoms with E-state index in [1.54, 1.807) is 0 Å². The Morgan fingerprint density at radius 3 is 1.91 bits per heavy atom. The van der Waals surface area contributed by atoms with Crippen LogP contribution in [-0.4, -0.2) is 46.9 Å². The highest BCUT2D eigenvalue weighted by atomic mass is 19.4. The maximum Gasteiger partial charge on any atom is 0.462 e. The first-order valence-electron chi connectivity index (χ1n) is 8.77. The average molecular weight is 512 g/mol. The van der Waals surface area contributed by atoms with Gasteiger partial charge in [-0.05, 0) is 6.92 Å². The molecule has 2 rings (SSSR count). The molecule has 0 amide bonds. The molecule has 1 atom stereocenters. The van der Waals surface area contributed by atoms with Gasteiger partial charge in [-0.1, -0.05) is 30.3 Å². The lowest BCUT2D eigenvalue weighted by molar-refractivity contribution is -0.488. The summed E-state index contributed by atoms with van der Waals surface area (Å²) in [7, 11) is 0. The zero-order valence-corrected chi connectivity index (χ0v) is 16.4. The number of alkyl halides is 11. The van der Waals surface area contributed by atoms with Crippen LogP contribution in [0, 0.1) is 0 Å². The topological polar surface area (TPSA) is 61.3 Å². The number of benzene rings is 1. The van der Waals surface area contributed by atoms with E-state index >= 15 is 4.39 Å². The van der Waals surface area contributed by atoms with Crippen LogP contribution in [0.3, 0.4) is 0 Å². The lowest BCUT2D eigenvalue weighted by Crippen LogP contribution is -2.58. The van der Waals surface area contributed by atoms with Crippen LogP contribution in [-0.2, 0) is 15.3 Å². The van der Waals surface area contributed by atoms with Gasteiger partial charge in [0.25, 0.3) is 0 Å². The van der Waals surface area contributed by atoms with Gasteiger partial charge in [-0.25, -0.2) is 14.8 Å². The van der Waals surface area contributed by atoms with Gasteiger partial charge in [0.1, 0.15) is 11.3 Å². The predicted octanol–water partition coefficient (Wildman–Crippen LogP) is 5.81. The smallest absolute Gasteiger partial charge is 0.462 e. The van der Waals surface area contributed by atoms with Crippen molar-refractivity contribution in [3.8, 4) is 11.4 Å². The second-order valence-corrected chi connectivity index (χ2v) is 6.33. The highest BCUT2D eigenvalue weighted by Gasteiger charge is 2.79. The van der Waals surface area contributed by atoms with Gasteiger partial charge in [-0.3, -0.25) is 4.74 Å². The lowest BCUT2D eigenvalue weighted by Gasteiger charge is -2.35. The number of nitrogens with zero attached hydrogens (tertiary/aromatic N) is 2. The summed E-state index contributed by atoms with van der Waals surface area (Å²) in [6.07, 6.45) is -20.8. The SMILES string of the molecule is CCOC(=O)c1cnc(-c2ccccc2)nc1C(F)(OC(F)(F)C(F)(F)C(F)(F)F)C(F)(F)F. The minimum atomic E-state index is -7.28. The molecule has 1 unspecified atom stereocenters.